The van der Waals surface area contributed by atoms with E-state index < -0.39 is 5.97 Å². The molecular formula is C20H19ClFNO3. The van der Waals surface area contributed by atoms with Crippen molar-refractivity contribution in [1.29, 1.82) is 0 Å². The molecule has 1 aliphatic carbocycles. The van der Waals surface area contributed by atoms with Crippen LogP contribution in [0.2, 0.25) is 5.02 Å². The lowest BCUT2D eigenvalue weighted by Gasteiger charge is -2.18. The summed E-state index contributed by atoms with van der Waals surface area (Å²) in [6.07, 6.45) is 2.34. The van der Waals surface area contributed by atoms with Gasteiger partial charge in [0.25, 0.3) is 0 Å². The average Bonchev–Trinajstić information content (AvgIpc) is 3.39. The van der Waals surface area contributed by atoms with Gasteiger partial charge < -0.3 is 10.4 Å². The third-order valence-electron chi connectivity index (χ3n) is 4.85. The van der Waals surface area contributed by atoms with Crippen molar-refractivity contribution in [2.24, 2.45) is 0 Å². The summed E-state index contributed by atoms with van der Waals surface area (Å²) in [5, 5.41) is 12.5. The molecule has 0 saturated heterocycles. The first-order valence-corrected chi connectivity index (χ1v) is 8.82. The van der Waals surface area contributed by atoms with Crippen molar-refractivity contribution in [1.82, 2.24) is 5.32 Å². The molecule has 0 aliphatic heterocycles. The molecule has 0 heterocycles. The number of rotatable bonds is 7. The first-order valence-electron chi connectivity index (χ1n) is 8.45. The van der Waals surface area contributed by atoms with Crippen LogP contribution in [0.15, 0.2) is 42.5 Å². The molecule has 2 N–H and O–H groups in total. The number of carboxylic acids is 1. The fourth-order valence-corrected chi connectivity index (χ4v) is 3.53. The van der Waals surface area contributed by atoms with E-state index in [-0.39, 0.29) is 29.1 Å². The van der Waals surface area contributed by atoms with Gasteiger partial charge in [-0.15, -0.1) is 0 Å². The van der Waals surface area contributed by atoms with Gasteiger partial charge >= 0.3 is 5.97 Å². The van der Waals surface area contributed by atoms with Crippen LogP contribution >= 0.6 is 11.6 Å². The smallest absolute Gasteiger partial charge is 0.335 e. The average molecular weight is 376 g/mol. The van der Waals surface area contributed by atoms with Crippen molar-refractivity contribution in [3.63, 3.8) is 0 Å². The van der Waals surface area contributed by atoms with Gasteiger partial charge in [-0.1, -0.05) is 35.9 Å². The van der Waals surface area contributed by atoms with Crippen molar-refractivity contribution in [2.75, 3.05) is 6.54 Å². The fraction of sp³-hybridized carbons (Fsp3) is 0.300. The number of aromatic carboxylic acids is 1. The number of benzene rings is 2. The predicted molar refractivity (Wildman–Crippen MR) is 97.1 cm³/mol. The molecule has 6 heteroatoms. The van der Waals surface area contributed by atoms with E-state index in [4.69, 9.17) is 11.6 Å². The van der Waals surface area contributed by atoms with Crippen LogP contribution in [0, 0.1) is 5.82 Å². The number of aryl methyl sites for hydroxylation is 1. The summed E-state index contributed by atoms with van der Waals surface area (Å²) in [6, 6.07) is 11.0. The van der Waals surface area contributed by atoms with Crippen molar-refractivity contribution in [3.8, 4) is 0 Å². The summed E-state index contributed by atoms with van der Waals surface area (Å²) in [6.45, 7) is 0.442. The number of carbonyl (C=O) groups is 2. The van der Waals surface area contributed by atoms with Gasteiger partial charge in [-0.05, 0) is 48.6 Å². The number of nitrogens with one attached hydrogen (secondary N) is 1. The van der Waals surface area contributed by atoms with Crippen LogP contribution in [0.25, 0.3) is 0 Å². The minimum atomic E-state index is -0.996. The van der Waals surface area contributed by atoms with Gasteiger partial charge in [0.15, 0.2) is 0 Å². The van der Waals surface area contributed by atoms with Crippen LogP contribution in [0.1, 0.15) is 40.7 Å². The summed E-state index contributed by atoms with van der Waals surface area (Å²) in [4.78, 5) is 23.4. The van der Waals surface area contributed by atoms with Crippen LogP contribution in [0.4, 0.5) is 4.39 Å². The van der Waals surface area contributed by atoms with Crippen molar-refractivity contribution < 1.29 is 19.1 Å². The number of hydrogen-bond donors (Lipinski definition) is 2. The molecule has 26 heavy (non-hydrogen) atoms. The topological polar surface area (TPSA) is 66.4 Å². The summed E-state index contributed by atoms with van der Waals surface area (Å²) < 4.78 is 13.2. The Bertz CT molecular complexity index is 849. The van der Waals surface area contributed by atoms with Gasteiger partial charge in [0.05, 0.1) is 5.56 Å². The van der Waals surface area contributed by atoms with E-state index in [0.29, 0.717) is 23.6 Å². The zero-order valence-corrected chi connectivity index (χ0v) is 14.9. The third kappa shape index (κ3) is 4.05. The lowest BCUT2D eigenvalue weighted by Crippen LogP contribution is -2.32. The zero-order valence-electron chi connectivity index (χ0n) is 14.1. The first kappa shape index (κ1) is 18.4. The molecule has 0 spiro atoms. The summed E-state index contributed by atoms with van der Waals surface area (Å²) in [5.41, 5.74) is 1.49. The second-order valence-electron chi connectivity index (χ2n) is 6.64. The van der Waals surface area contributed by atoms with Crippen LogP contribution < -0.4 is 5.32 Å². The fourth-order valence-electron chi connectivity index (χ4n) is 3.16. The van der Waals surface area contributed by atoms with E-state index in [1.165, 1.54) is 18.2 Å². The van der Waals surface area contributed by atoms with E-state index in [0.717, 1.165) is 18.4 Å². The summed E-state index contributed by atoms with van der Waals surface area (Å²) in [5.74, 6) is -1.52. The van der Waals surface area contributed by atoms with E-state index in [1.807, 2.05) is 0 Å². The van der Waals surface area contributed by atoms with E-state index >= 15 is 0 Å². The Kier molecular flexibility index (Phi) is 5.28. The van der Waals surface area contributed by atoms with Gasteiger partial charge in [-0.3, -0.25) is 4.79 Å². The Morgan fingerprint density at radius 2 is 1.92 bits per heavy atom. The molecule has 0 bridgehead atoms. The van der Waals surface area contributed by atoms with Gasteiger partial charge in [-0.25, -0.2) is 9.18 Å². The first-order chi connectivity index (χ1) is 12.4. The SMILES string of the molecule is O=C(CCc1ccccc1C(=O)O)NCC1(c2ccc(F)cc2Cl)CC1. The molecule has 2 aromatic carbocycles. The van der Waals surface area contributed by atoms with Crippen LogP contribution in [-0.4, -0.2) is 23.5 Å². The molecule has 1 amide bonds. The van der Waals surface area contributed by atoms with Gasteiger partial charge in [0.1, 0.15) is 5.82 Å². The zero-order chi connectivity index (χ0) is 18.7. The Morgan fingerprint density at radius 3 is 2.58 bits per heavy atom. The Morgan fingerprint density at radius 1 is 1.19 bits per heavy atom. The van der Waals surface area contributed by atoms with Crippen LogP contribution in [0.5, 0.6) is 0 Å². The monoisotopic (exact) mass is 375 g/mol. The van der Waals surface area contributed by atoms with Crippen LogP contribution in [-0.2, 0) is 16.6 Å². The minimum Gasteiger partial charge on any atom is -0.478 e. The quantitative estimate of drug-likeness (QED) is 0.769. The highest BCUT2D eigenvalue weighted by Gasteiger charge is 2.45. The highest BCUT2D eigenvalue weighted by atomic mass is 35.5. The lowest BCUT2D eigenvalue weighted by atomic mass is 9.95. The number of hydrogen-bond acceptors (Lipinski definition) is 2. The Hall–Kier alpha value is -2.40. The second-order valence-corrected chi connectivity index (χ2v) is 7.05. The van der Waals surface area contributed by atoms with Gasteiger partial charge in [-0.2, -0.15) is 0 Å². The standard InChI is InChI=1S/C20H19ClFNO3/c21-17-11-14(22)6-7-16(17)20(9-10-20)12-23-18(24)8-5-13-3-1-2-4-15(13)19(25)26/h1-4,6-7,11H,5,8-10,12H2,(H,23,24)(H,25,26). The van der Waals surface area contributed by atoms with E-state index in [2.05, 4.69) is 5.32 Å². The largest absolute Gasteiger partial charge is 0.478 e. The molecule has 2 aromatic rings. The maximum absolute atomic E-state index is 13.2. The maximum Gasteiger partial charge on any atom is 0.335 e. The summed E-state index contributed by atoms with van der Waals surface area (Å²) in [7, 11) is 0. The predicted octanol–water partition coefficient (Wildman–Crippen LogP) is 3.96. The van der Waals surface area contributed by atoms with E-state index in [9.17, 15) is 19.1 Å². The molecule has 136 valence electrons. The summed E-state index contributed by atoms with van der Waals surface area (Å²) >= 11 is 6.15. The molecule has 3 rings (SSSR count). The second kappa shape index (κ2) is 7.46. The third-order valence-corrected chi connectivity index (χ3v) is 5.16. The Labute approximate surface area is 156 Å². The van der Waals surface area contributed by atoms with E-state index in [1.54, 1.807) is 24.3 Å². The molecule has 0 atom stereocenters. The molecule has 1 saturated carbocycles. The number of carbonyl (C=O) groups excluding carboxylic acids is 1. The molecule has 1 fully saturated rings. The van der Waals surface area contributed by atoms with Crippen molar-refractivity contribution in [2.45, 2.75) is 31.1 Å². The molecule has 0 radical (unpaired) electrons. The molecular weight excluding hydrogens is 357 g/mol. The number of carboxylic acid groups (broad SMARTS) is 1. The minimum absolute atomic E-state index is 0.144. The lowest BCUT2D eigenvalue weighted by molar-refractivity contribution is -0.121. The maximum atomic E-state index is 13.2. The van der Waals surface area contributed by atoms with Crippen molar-refractivity contribution in [3.05, 3.63) is 70.0 Å². The molecule has 1 aliphatic rings. The van der Waals surface area contributed by atoms with Crippen molar-refractivity contribution >= 4 is 23.5 Å². The number of amides is 1. The normalized spacial score (nSPS) is 14.7. The molecule has 0 unspecified atom stereocenters. The highest BCUT2D eigenvalue weighted by molar-refractivity contribution is 6.31. The molecule has 0 aromatic heterocycles. The highest BCUT2D eigenvalue weighted by Crippen LogP contribution is 2.50. The van der Waals surface area contributed by atoms with Gasteiger partial charge in [0.2, 0.25) is 5.91 Å². The van der Waals surface area contributed by atoms with Gasteiger partial charge in [0, 0.05) is 23.4 Å². The molecule has 4 nitrogen and oxygen atoms in total. The van der Waals surface area contributed by atoms with Crippen LogP contribution in [0.3, 0.4) is 0 Å². The Balaban J connectivity index is 1.57. The number of halogens is 2.